The second kappa shape index (κ2) is 10.6. The molecule has 0 aromatic heterocycles. The lowest BCUT2D eigenvalue weighted by Gasteiger charge is -2.12. The van der Waals surface area contributed by atoms with Gasteiger partial charge in [0.1, 0.15) is 18.2 Å². The summed E-state index contributed by atoms with van der Waals surface area (Å²) in [7, 11) is 0. The number of hydrogen-bond acceptors (Lipinski definition) is 3. The standard InChI is InChI=1S/C25H19Cl3N2O2/c1-15-3-8-23(16(2)9-15)30-25(31)19(13-29)10-18-11-21(27)24(22(28)12-18)32-14-17-4-6-20(26)7-5-17/h3-12H,14H2,1-2H3,(H,30,31)/b19-10+. The van der Waals surface area contributed by atoms with E-state index in [9.17, 15) is 10.1 Å². The summed E-state index contributed by atoms with van der Waals surface area (Å²) in [5.74, 6) is -0.201. The fraction of sp³-hybridized carbons (Fsp3) is 0.120. The van der Waals surface area contributed by atoms with Gasteiger partial charge in [-0.25, -0.2) is 0 Å². The van der Waals surface area contributed by atoms with Gasteiger partial charge in [-0.3, -0.25) is 4.79 Å². The maximum atomic E-state index is 12.6. The van der Waals surface area contributed by atoms with Crippen molar-refractivity contribution in [1.82, 2.24) is 0 Å². The van der Waals surface area contributed by atoms with E-state index < -0.39 is 5.91 Å². The number of benzene rings is 3. The molecular formula is C25H19Cl3N2O2. The van der Waals surface area contributed by atoms with Gasteiger partial charge in [0, 0.05) is 10.7 Å². The van der Waals surface area contributed by atoms with Crippen LogP contribution in [0.4, 0.5) is 5.69 Å². The highest BCUT2D eigenvalue weighted by Crippen LogP contribution is 2.35. The summed E-state index contributed by atoms with van der Waals surface area (Å²) >= 11 is 18.6. The molecule has 3 aromatic carbocycles. The van der Waals surface area contributed by atoms with Crippen LogP contribution in [0.15, 0.2) is 60.2 Å². The van der Waals surface area contributed by atoms with Crippen molar-refractivity contribution in [3.8, 4) is 11.8 Å². The minimum atomic E-state index is -0.519. The van der Waals surface area contributed by atoms with Gasteiger partial charge < -0.3 is 10.1 Å². The van der Waals surface area contributed by atoms with Crippen LogP contribution >= 0.6 is 34.8 Å². The van der Waals surface area contributed by atoms with Crippen molar-refractivity contribution in [2.45, 2.75) is 20.5 Å². The number of ether oxygens (including phenoxy) is 1. The molecule has 0 radical (unpaired) electrons. The molecule has 0 saturated heterocycles. The van der Waals surface area contributed by atoms with Gasteiger partial charge in [-0.1, -0.05) is 64.6 Å². The summed E-state index contributed by atoms with van der Waals surface area (Å²) < 4.78 is 5.76. The lowest BCUT2D eigenvalue weighted by Crippen LogP contribution is -2.14. The Hall–Kier alpha value is -2.97. The van der Waals surface area contributed by atoms with Crippen molar-refractivity contribution in [1.29, 1.82) is 5.26 Å². The van der Waals surface area contributed by atoms with Crippen LogP contribution in [-0.4, -0.2) is 5.91 Å². The molecule has 0 heterocycles. The molecule has 1 N–H and O–H groups in total. The Morgan fingerprint density at radius 2 is 1.69 bits per heavy atom. The number of amides is 1. The number of nitriles is 1. The van der Waals surface area contributed by atoms with E-state index in [0.29, 0.717) is 22.0 Å². The van der Waals surface area contributed by atoms with Crippen molar-refractivity contribution in [3.05, 3.63) is 97.5 Å². The number of halogens is 3. The van der Waals surface area contributed by atoms with Crippen LogP contribution in [0.25, 0.3) is 6.08 Å². The van der Waals surface area contributed by atoms with Crippen LogP contribution in [0.2, 0.25) is 15.1 Å². The first-order valence-electron chi connectivity index (χ1n) is 9.63. The first-order chi connectivity index (χ1) is 15.3. The number of hydrogen-bond donors (Lipinski definition) is 1. The van der Waals surface area contributed by atoms with Crippen molar-refractivity contribution < 1.29 is 9.53 Å². The van der Waals surface area contributed by atoms with Crippen LogP contribution in [0.1, 0.15) is 22.3 Å². The van der Waals surface area contributed by atoms with E-state index in [1.54, 1.807) is 30.3 Å². The molecule has 0 aliphatic carbocycles. The van der Waals surface area contributed by atoms with Crippen LogP contribution in [0.3, 0.4) is 0 Å². The Morgan fingerprint density at radius 3 is 2.28 bits per heavy atom. The second-order valence-corrected chi connectivity index (χ2v) is 8.42. The lowest BCUT2D eigenvalue weighted by atomic mass is 10.1. The molecular weight excluding hydrogens is 467 g/mol. The van der Waals surface area contributed by atoms with Crippen LogP contribution in [-0.2, 0) is 11.4 Å². The minimum Gasteiger partial charge on any atom is -0.486 e. The monoisotopic (exact) mass is 484 g/mol. The molecule has 1 amide bonds. The van der Waals surface area contributed by atoms with E-state index in [4.69, 9.17) is 39.5 Å². The quantitative estimate of drug-likeness (QED) is 0.292. The van der Waals surface area contributed by atoms with Crippen LogP contribution < -0.4 is 10.1 Å². The zero-order valence-electron chi connectivity index (χ0n) is 17.4. The maximum absolute atomic E-state index is 12.6. The zero-order valence-corrected chi connectivity index (χ0v) is 19.6. The zero-order chi connectivity index (χ0) is 23.3. The molecule has 4 nitrogen and oxygen atoms in total. The van der Waals surface area contributed by atoms with Gasteiger partial charge in [-0.05, 0) is 66.9 Å². The molecule has 0 aliphatic rings. The second-order valence-electron chi connectivity index (χ2n) is 7.17. The van der Waals surface area contributed by atoms with Gasteiger partial charge in [0.15, 0.2) is 5.75 Å². The number of rotatable bonds is 6. The summed E-state index contributed by atoms with van der Waals surface area (Å²) in [5.41, 5.74) is 3.96. The number of anilines is 1. The Bertz CT molecular complexity index is 1210. The third kappa shape index (κ3) is 6.05. The summed E-state index contributed by atoms with van der Waals surface area (Å²) in [6, 6.07) is 18.0. The van der Waals surface area contributed by atoms with Crippen LogP contribution in [0, 0.1) is 25.2 Å². The largest absolute Gasteiger partial charge is 0.486 e. The molecule has 3 rings (SSSR count). The van der Waals surface area contributed by atoms with Crippen LogP contribution in [0.5, 0.6) is 5.75 Å². The number of nitrogens with zero attached hydrogens (tertiary/aromatic N) is 1. The van der Waals surface area contributed by atoms with E-state index >= 15 is 0 Å². The molecule has 0 bridgehead atoms. The molecule has 162 valence electrons. The van der Waals surface area contributed by atoms with Gasteiger partial charge in [0.25, 0.3) is 5.91 Å². The van der Waals surface area contributed by atoms with Gasteiger partial charge >= 0.3 is 0 Å². The predicted molar refractivity (Wildman–Crippen MR) is 130 cm³/mol. The Kier molecular flexibility index (Phi) is 7.82. The van der Waals surface area contributed by atoms with Crippen molar-refractivity contribution >= 4 is 52.5 Å². The van der Waals surface area contributed by atoms with E-state index in [0.717, 1.165) is 16.7 Å². The molecule has 0 unspecified atom stereocenters. The first-order valence-corrected chi connectivity index (χ1v) is 10.8. The SMILES string of the molecule is Cc1ccc(NC(=O)/C(C#N)=C/c2cc(Cl)c(OCc3ccc(Cl)cc3)c(Cl)c2)c(C)c1. The lowest BCUT2D eigenvalue weighted by molar-refractivity contribution is -0.112. The third-order valence-electron chi connectivity index (χ3n) is 4.62. The van der Waals surface area contributed by atoms with Crippen molar-refractivity contribution in [2.24, 2.45) is 0 Å². The smallest absolute Gasteiger partial charge is 0.266 e. The minimum absolute atomic E-state index is 0.0769. The van der Waals surface area contributed by atoms with Gasteiger partial charge in [0.2, 0.25) is 0 Å². The highest BCUT2D eigenvalue weighted by Gasteiger charge is 2.14. The average Bonchev–Trinajstić information content (AvgIpc) is 2.74. The topological polar surface area (TPSA) is 62.1 Å². The van der Waals surface area contributed by atoms with E-state index in [2.05, 4.69) is 5.32 Å². The molecule has 0 spiro atoms. The fourth-order valence-corrected chi connectivity index (χ4v) is 3.73. The third-order valence-corrected chi connectivity index (χ3v) is 5.44. The fourth-order valence-electron chi connectivity index (χ4n) is 3.00. The van der Waals surface area contributed by atoms with Gasteiger partial charge in [0.05, 0.1) is 10.0 Å². The summed E-state index contributed by atoms with van der Waals surface area (Å²) in [6.45, 7) is 4.11. The summed E-state index contributed by atoms with van der Waals surface area (Å²) in [4.78, 5) is 12.6. The summed E-state index contributed by atoms with van der Waals surface area (Å²) in [6.07, 6.45) is 1.43. The van der Waals surface area contributed by atoms with Crippen molar-refractivity contribution in [2.75, 3.05) is 5.32 Å². The molecule has 32 heavy (non-hydrogen) atoms. The van der Waals surface area contributed by atoms with E-state index in [-0.39, 0.29) is 22.2 Å². The Labute approximate surface area is 202 Å². The van der Waals surface area contributed by atoms with E-state index in [1.165, 1.54) is 6.08 Å². The number of aryl methyl sites for hydroxylation is 2. The number of carbonyl (C=O) groups excluding carboxylic acids is 1. The Balaban J connectivity index is 1.77. The molecule has 7 heteroatoms. The first kappa shape index (κ1) is 23.7. The Morgan fingerprint density at radius 1 is 1.03 bits per heavy atom. The average molecular weight is 486 g/mol. The van der Waals surface area contributed by atoms with Gasteiger partial charge in [-0.15, -0.1) is 0 Å². The highest BCUT2D eigenvalue weighted by atomic mass is 35.5. The molecule has 0 atom stereocenters. The summed E-state index contributed by atoms with van der Waals surface area (Å²) in [5, 5.41) is 13.4. The molecule has 0 saturated carbocycles. The highest BCUT2D eigenvalue weighted by molar-refractivity contribution is 6.37. The molecule has 0 fully saturated rings. The van der Waals surface area contributed by atoms with Crippen molar-refractivity contribution in [3.63, 3.8) is 0 Å². The normalized spacial score (nSPS) is 11.1. The molecule has 0 aliphatic heterocycles. The predicted octanol–water partition coefficient (Wildman–Crippen LogP) is 7.39. The number of carbonyl (C=O) groups is 1. The number of nitrogens with one attached hydrogen (secondary N) is 1. The van der Waals surface area contributed by atoms with E-state index in [1.807, 2.05) is 44.2 Å². The van der Waals surface area contributed by atoms with Gasteiger partial charge in [-0.2, -0.15) is 5.26 Å². The molecule has 3 aromatic rings. The maximum Gasteiger partial charge on any atom is 0.266 e.